The Morgan fingerprint density at radius 1 is 1.43 bits per heavy atom. The molecule has 0 spiro atoms. The second-order valence-corrected chi connectivity index (χ2v) is 4.23. The molecule has 0 saturated heterocycles. The van der Waals surface area contributed by atoms with Crippen LogP contribution in [-0.2, 0) is 10.1 Å². The van der Waals surface area contributed by atoms with Crippen LogP contribution in [0.1, 0.15) is 5.56 Å². The average molecular weight is 224 g/mol. The molecule has 6 heteroatoms. The van der Waals surface area contributed by atoms with Crippen molar-refractivity contribution >= 4 is 15.8 Å². The van der Waals surface area contributed by atoms with Crippen LogP contribution in [0.2, 0.25) is 0 Å². The van der Waals surface area contributed by atoms with Crippen molar-refractivity contribution in [2.45, 2.75) is 6.92 Å². The predicted octanol–water partition coefficient (Wildman–Crippen LogP) is -1.74. The second kappa shape index (κ2) is 5.72. The Hall–Kier alpha value is -0.0700. The van der Waals surface area contributed by atoms with E-state index in [9.17, 15) is 8.42 Å². The van der Waals surface area contributed by atoms with Gasteiger partial charge in [-0.15, -0.1) is 0 Å². The fourth-order valence-corrected chi connectivity index (χ4v) is 1.28. The first-order valence-electron chi connectivity index (χ1n) is 3.73. The molecule has 0 fully saturated rings. The molecular weight excluding hydrogens is 213 g/mol. The molecule has 2 N–H and O–H groups in total. The summed E-state index contributed by atoms with van der Waals surface area (Å²) in [5, 5.41) is 2.59. The van der Waals surface area contributed by atoms with Gasteiger partial charge in [0.1, 0.15) is 5.88 Å². The van der Waals surface area contributed by atoms with E-state index in [4.69, 9.17) is 4.55 Å². The minimum atomic E-state index is -3.95. The van der Waals surface area contributed by atoms with Crippen molar-refractivity contribution in [3.05, 3.63) is 29.8 Å². The minimum Gasteiger partial charge on any atom is -0.370 e. The Balaban J connectivity index is 0.00000169. The Bertz CT molecular complexity index is 391. The number of nitrogens with one attached hydrogen (secondary N) is 1. The smallest absolute Gasteiger partial charge is 0.370 e. The molecule has 0 saturated carbocycles. The van der Waals surface area contributed by atoms with Crippen LogP contribution in [0.3, 0.4) is 0 Å². The maximum atomic E-state index is 10.4. The van der Waals surface area contributed by atoms with Gasteiger partial charge < -0.3 is 5.32 Å². The van der Waals surface area contributed by atoms with Crippen LogP contribution in [0.5, 0.6) is 0 Å². The maximum Gasteiger partial charge on any atom is 1.00 e. The van der Waals surface area contributed by atoms with Crippen molar-refractivity contribution in [3.8, 4) is 0 Å². The van der Waals surface area contributed by atoms with Crippen LogP contribution in [-0.4, -0.2) is 18.8 Å². The van der Waals surface area contributed by atoms with E-state index in [0.717, 1.165) is 5.56 Å². The molecule has 1 aromatic rings. The van der Waals surface area contributed by atoms with Crippen LogP contribution < -0.4 is 34.9 Å². The van der Waals surface area contributed by atoms with Crippen molar-refractivity contribution in [1.82, 2.24) is 0 Å². The van der Waals surface area contributed by atoms with E-state index in [1.54, 1.807) is 12.1 Å². The first-order chi connectivity index (χ1) is 5.97. The molecule has 0 bridgehead atoms. The molecule has 0 amide bonds. The molecule has 1 aromatic carbocycles. The molecule has 0 aromatic heterocycles. The molecule has 0 unspecified atom stereocenters. The van der Waals surface area contributed by atoms with E-state index >= 15 is 0 Å². The predicted molar refractivity (Wildman–Crippen MR) is 51.2 cm³/mol. The minimum absolute atomic E-state index is 0. The van der Waals surface area contributed by atoms with Gasteiger partial charge >= 0.3 is 29.6 Å². The van der Waals surface area contributed by atoms with E-state index in [-0.39, 0.29) is 29.6 Å². The van der Waals surface area contributed by atoms with Gasteiger partial charge in [-0.05, 0) is 24.6 Å². The normalized spacial score (nSPS) is 10.4. The summed E-state index contributed by atoms with van der Waals surface area (Å²) in [5.41, 5.74) is 1.71. The molecule has 1 rings (SSSR count). The van der Waals surface area contributed by atoms with E-state index in [0.29, 0.717) is 5.69 Å². The zero-order valence-corrected chi connectivity index (χ0v) is 11.0. The number of hydrogen-bond donors (Lipinski definition) is 2. The van der Waals surface area contributed by atoms with Gasteiger partial charge in [0.25, 0.3) is 10.1 Å². The van der Waals surface area contributed by atoms with Crippen molar-refractivity contribution in [2.24, 2.45) is 0 Å². The SMILES string of the molecule is Cc1cccc(NCS(=O)(=O)O)c1.[Na+]. The second-order valence-electron chi connectivity index (χ2n) is 2.77. The monoisotopic (exact) mass is 224 g/mol. The first kappa shape index (κ1) is 13.9. The molecule has 14 heavy (non-hydrogen) atoms. The number of anilines is 1. The third-order valence-electron chi connectivity index (χ3n) is 1.48. The van der Waals surface area contributed by atoms with Gasteiger partial charge in [0.15, 0.2) is 0 Å². The summed E-state index contributed by atoms with van der Waals surface area (Å²) in [5.74, 6) is -0.462. The zero-order chi connectivity index (χ0) is 9.90. The van der Waals surface area contributed by atoms with Crippen LogP contribution in [0.15, 0.2) is 24.3 Å². The van der Waals surface area contributed by atoms with Crippen molar-refractivity contribution < 1.29 is 42.5 Å². The summed E-state index contributed by atoms with van der Waals surface area (Å²) < 4.78 is 29.2. The molecule has 0 heterocycles. The van der Waals surface area contributed by atoms with Gasteiger partial charge in [-0.2, -0.15) is 8.42 Å². The molecule has 0 aliphatic rings. The Kier molecular flexibility index (Phi) is 5.70. The molecule has 0 atom stereocenters. The van der Waals surface area contributed by atoms with Gasteiger partial charge in [0.05, 0.1) is 0 Å². The third-order valence-corrected chi connectivity index (χ3v) is 1.99. The largest absolute Gasteiger partial charge is 1.00 e. The van der Waals surface area contributed by atoms with Crippen LogP contribution in [0.25, 0.3) is 0 Å². The number of benzene rings is 1. The summed E-state index contributed by atoms with van der Waals surface area (Å²) in [7, 11) is -3.95. The number of aryl methyl sites for hydroxylation is 1. The van der Waals surface area contributed by atoms with Crippen molar-refractivity contribution in [2.75, 3.05) is 11.2 Å². The van der Waals surface area contributed by atoms with Gasteiger partial charge in [0.2, 0.25) is 0 Å². The maximum absolute atomic E-state index is 10.4. The zero-order valence-electron chi connectivity index (χ0n) is 8.19. The van der Waals surface area contributed by atoms with Gasteiger partial charge in [-0.25, -0.2) is 0 Å². The van der Waals surface area contributed by atoms with Crippen molar-refractivity contribution in [3.63, 3.8) is 0 Å². The van der Waals surface area contributed by atoms with E-state index in [1.165, 1.54) is 0 Å². The van der Waals surface area contributed by atoms with Crippen molar-refractivity contribution in [1.29, 1.82) is 0 Å². The quantitative estimate of drug-likeness (QED) is 0.472. The molecule has 4 nitrogen and oxygen atoms in total. The van der Waals surface area contributed by atoms with Gasteiger partial charge in [0, 0.05) is 5.69 Å². The Labute approximate surface area is 106 Å². The average Bonchev–Trinajstić information content (AvgIpc) is 2.00. The van der Waals surface area contributed by atoms with Gasteiger partial charge in [-0.3, -0.25) is 4.55 Å². The third kappa shape index (κ3) is 5.62. The fraction of sp³-hybridized carbons (Fsp3) is 0.250. The molecule has 72 valence electrons. The topological polar surface area (TPSA) is 66.4 Å². The molecule has 0 radical (unpaired) electrons. The summed E-state index contributed by atoms with van der Waals surface area (Å²) in [6.07, 6.45) is 0. The van der Waals surface area contributed by atoms with Crippen LogP contribution >= 0.6 is 0 Å². The first-order valence-corrected chi connectivity index (χ1v) is 5.34. The van der Waals surface area contributed by atoms with E-state index in [1.807, 2.05) is 19.1 Å². The van der Waals surface area contributed by atoms with E-state index in [2.05, 4.69) is 5.32 Å². The molecule has 0 aliphatic heterocycles. The summed E-state index contributed by atoms with van der Waals surface area (Å²) in [4.78, 5) is 0. The van der Waals surface area contributed by atoms with E-state index < -0.39 is 16.0 Å². The number of hydrogen-bond acceptors (Lipinski definition) is 3. The Morgan fingerprint density at radius 2 is 2.07 bits per heavy atom. The summed E-state index contributed by atoms with van der Waals surface area (Å²) in [6.45, 7) is 1.90. The summed E-state index contributed by atoms with van der Waals surface area (Å²) >= 11 is 0. The van der Waals surface area contributed by atoms with Gasteiger partial charge in [-0.1, -0.05) is 12.1 Å². The number of rotatable bonds is 3. The van der Waals surface area contributed by atoms with Crippen LogP contribution in [0.4, 0.5) is 5.69 Å². The summed E-state index contributed by atoms with van der Waals surface area (Å²) in [6, 6.07) is 7.24. The fourth-order valence-electron chi connectivity index (χ4n) is 0.930. The molecular formula is C8H11NNaO3S+. The molecule has 0 aliphatic carbocycles. The standard InChI is InChI=1S/C8H11NO3S.Na/c1-7-3-2-4-8(5-7)9-6-13(10,11)12;/h2-5,9H,6H2,1H3,(H,10,11,12);/q;+1. The Morgan fingerprint density at radius 3 is 2.57 bits per heavy atom. The van der Waals surface area contributed by atoms with Crippen LogP contribution in [0, 0.1) is 6.92 Å².